The van der Waals surface area contributed by atoms with Gasteiger partial charge in [-0.1, -0.05) is 87.4 Å². The van der Waals surface area contributed by atoms with E-state index in [0.29, 0.717) is 0 Å². The van der Waals surface area contributed by atoms with Gasteiger partial charge in [0.25, 0.3) is 0 Å². The Balaban J connectivity index is 2.24. The van der Waals surface area contributed by atoms with E-state index in [4.69, 9.17) is 0 Å². The minimum absolute atomic E-state index is 0.112. The smallest absolute Gasteiger partial charge is 0.0315 e. The third-order valence-electron chi connectivity index (χ3n) is 6.34. The molecule has 110 valence electrons. The van der Waals surface area contributed by atoms with Gasteiger partial charge in [-0.25, -0.2) is 0 Å². The molecule has 2 aromatic rings. The Labute approximate surface area is 129 Å². The topological polar surface area (TPSA) is 0 Å². The summed E-state index contributed by atoms with van der Waals surface area (Å²) in [4.78, 5) is 0. The highest BCUT2D eigenvalue weighted by molar-refractivity contribution is 5.55. The highest BCUT2D eigenvalue weighted by atomic mass is 14.8. The van der Waals surface area contributed by atoms with E-state index in [2.05, 4.69) is 90.1 Å². The van der Waals surface area contributed by atoms with Crippen molar-refractivity contribution in [1.29, 1.82) is 0 Å². The monoisotopic (exact) mass is 278 g/mol. The molecule has 0 radical (unpaired) electrons. The number of benzene rings is 2. The van der Waals surface area contributed by atoms with Crippen molar-refractivity contribution in [3.63, 3.8) is 0 Å². The maximum absolute atomic E-state index is 2.41. The molecule has 0 N–H and O–H groups in total. The first-order valence-corrected chi connectivity index (χ1v) is 7.89. The van der Waals surface area contributed by atoms with Crippen molar-refractivity contribution in [2.75, 3.05) is 0 Å². The third-order valence-corrected chi connectivity index (χ3v) is 6.34. The van der Waals surface area contributed by atoms with Crippen molar-refractivity contribution >= 4 is 0 Å². The second-order valence-electron chi connectivity index (χ2n) is 7.73. The zero-order valence-electron chi connectivity index (χ0n) is 14.1. The van der Waals surface area contributed by atoms with E-state index in [0.717, 1.165) is 0 Å². The molecule has 21 heavy (non-hydrogen) atoms. The van der Waals surface area contributed by atoms with Crippen molar-refractivity contribution in [3.8, 4) is 0 Å². The van der Waals surface area contributed by atoms with E-state index in [1.54, 1.807) is 0 Å². The van der Waals surface area contributed by atoms with E-state index in [9.17, 15) is 0 Å². The molecule has 0 bridgehead atoms. The van der Waals surface area contributed by atoms with Gasteiger partial charge in [0.05, 0.1) is 0 Å². The van der Waals surface area contributed by atoms with Gasteiger partial charge in [0, 0.05) is 5.41 Å². The minimum atomic E-state index is 0.112. The van der Waals surface area contributed by atoms with E-state index in [1.807, 2.05) is 0 Å². The summed E-state index contributed by atoms with van der Waals surface area (Å²) in [6, 6.07) is 18.3. The number of hydrogen-bond acceptors (Lipinski definition) is 0. The lowest BCUT2D eigenvalue weighted by Gasteiger charge is -2.24. The Bertz CT molecular complexity index is 593. The molecule has 0 spiro atoms. The van der Waals surface area contributed by atoms with E-state index < -0.39 is 0 Å². The van der Waals surface area contributed by atoms with Gasteiger partial charge in [-0.3, -0.25) is 0 Å². The predicted molar refractivity (Wildman–Crippen MR) is 90.7 cm³/mol. The van der Waals surface area contributed by atoms with Crippen LogP contribution in [0.1, 0.15) is 49.9 Å². The van der Waals surface area contributed by atoms with Crippen LogP contribution in [0, 0.1) is 24.7 Å². The molecule has 0 aliphatic heterocycles. The number of rotatable bonds is 2. The van der Waals surface area contributed by atoms with Crippen LogP contribution in [0.3, 0.4) is 0 Å². The van der Waals surface area contributed by atoms with Gasteiger partial charge in [-0.2, -0.15) is 0 Å². The molecular weight excluding hydrogens is 252 g/mol. The average Bonchev–Trinajstić information content (AvgIpc) is 2.79. The Hall–Kier alpha value is -1.56. The number of aryl methyl sites for hydroxylation is 2. The quantitative estimate of drug-likeness (QED) is 0.665. The van der Waals surface area contributed by atoms with Crippen molar-refractivity contribution in [1.82, 2.24) is 0 Å². The lowest BCUT2D eigenvalue weighted by Crippen LogP contribution is -2.18. The van der Waals surface area contributed by atoms with Gasteiger partial charge in [-0.05, 0) is 35.8 Å². The Morgan fingerprint density at radius 2 is 0.810 bits per heavy atom. The van der Waals surface area contributed by atoms with Crippen LogP contribution in [-0.4, -0.2) is 0 Å². The Kier molecular flexibility index (Phi) is 2.89. The van der Waals surface area contributed by atoms with Gasteiger partial charge in [-0.15, -0.1) is 0 Å². The van der Waals surface area contributed by atoms with Crippen LogP contribution in [0.15, 0.2) is 48.5 Å². The molecule has 0 heterocycles. The molecule has 1 aliphatic carbocycles. The fourth-order valence-corrected chi connectivity index (χ4v) is 4.53. The molecule has 0 saturated heterocycles. The van der Waals surface area contributed by atoms with Gasteiger partial charge < -0.3 is 0 Å². The SMILES string of the molecule is Cc1ccc(C2(c3ccc(C)cc3)C(C)(C)C2(C)C)cc1. The van der Waals surface area contributed by atoms with Crippen molar-refractivity contribution < 1.29 is 0 Å². The van der Waals surface area contributed by atoms with E-state index in [1.165, 1.54) is 22.3 Å². The molecule has 1 saturated carbocycles. The van der Waals surface area contributed by atoms with Crippen molar-refractivity contribution in [3.05, 3.63) is 70.8 Å². The summed E-state index contributed by atoms with van der Waals surface area (Å²) >= 11 is 0. The van der Waals surface area contributed by atoms with Crippen LogP contribution in [0.5, 0.6) is 0 Å². The summed E-state index contributed by atoms with van der Waals surface area (Å²) in [7, 11) is 0. The molecule has 0 heteroatoms. The highest BCUT2D eigenvalue weighted by Crippen LogP contribution is 2.80. The standard InChI is InChI=1S/C21H26/c1-15-7-11-17(12-8-15)21(19(3,4)20(21,5)6)18-13-9-16(2)10-14-18/h7-14H,1-6H3. The summed E-state index contributed by atoms with van der Waals surface area (Å²) in [6.07, 6.45) is 0. The summed E-state index contributed by atoms with van der Waals surface area (Å²) in [5.41, 5.74) is 6.18. The van der Waals surface area contributed by atoms with Crippen molar-refractivity contribution in [2.45, 2.75) is 47.0 Å². The fourth-order valence-electron chi connectivity index (χ4n) is 4.53. The molecule has 0 aromatic heterocycles. The first kappa shape index (κ1) is 14.4. The predicted octanol–water partition coefficient (Wildman–Crippen LogP) is 5.66. The molecule has 3 rings (SSSR count). The third kappa shape index (κ3) is 1.62. The lowest BCUT2D eigenvalue weighted by atomic mass is 9.79. The summed E-state index contributed by atoms with van der Waals surface area (Å²) < 4.78 is 0. The molecule has 0 atom stereocenters. The van der Waals surface area contributed by atoms with Gasteiger partial charge in [0.1, 0.15) is 0 Å². The minimum Gasteiger partial charge on any atom is -0.0590 e. The molecule has 0 amide bonds. The van der Waals surface area contributed by atoms with Gasteiger partial charge in [0.2, 0.25) is 0 Å². The molecule has 1 aliphatic rings. The van der Waals surface area contributed by atoms with Gasteiger partial charge in [0.15, 0.2) is 0 Å². The van der Waals surface area contributed by atoms with Crippen LogP contribution in [-0.2, 0) is 5.41 Å². The average molecular weight is 278 g/mol. The second kappa shape index (κ2) is 4.22. The first-order chi connectivity index (χ1) is 9.75. The maximum atomic E-state index is 2.41. The number of hydrogen-bond donors (Lipinski definition) is 0. The zero-order valence-corrected chi connectivity index (χ0v) is 14.1. The fraction of sp³-hybridized carbons (Fsp3) is 0.429. The summed E-state index contributed by atoms with van der Waals surface area (Å²) in [5.74, 6) is 0. The largest absolute Gasteiger partial charge is 0.0590 e. The van der Waals surface area contributed by atoms with Crippen molar-refractivity contribution in [2.24, 2.45) is 10.8 Å². The molecule has 0 nitrogen and oxygen atoms in total. The lowest BCUT2D eigenvalue weighted by molar-refractivity contribution is 0.457. The van der Waals surface area contributed by atoms with Crippen LogP contribution < -0.4 is 0 Å². The summed E-state index contributed by atoms with van der Waals surface area (Å²) in [5, 5.41) is 0. The normalized spacial score (nSPS) is 21.0. The van der Waals surface area contributed by atoms with Crippen LogP contribution >= 0.6 is 0 Å². The zero-order chi connectivity index (χ0) is 15.5. The highest BCUT2D eigenvalue weighted by Gasteiger charge is 2.77. The Morgan fingerprint density at radius 3 is 1.05 bits per heavy atom. The van der Waals surface area contributed by atoms with E-state index >= 15 is 0 Å². The van der Waals surface area contributed by atoms with Crippen LogP contribution in [0.25, 0.3) is 0 Å². The van der Waals surface area contributed by atoms with Gasteiger partial charge >= 0.3 is 0 Å². The van der Waals surface area contributed by atoms with E-state index in [-0.39, 0.29) is 16.2 Å². The maximum Gasteiger partial charge on any atom is 0.0315 e. The summed E-state index contributed by atoms with van der Waals surface area (Å²) in [6.45, 7) is 14.0. The molecule has 0 unspecified atom stereocenters. The second-order valence-corrected chi connectivity index (χ2v) is 7.73. The molecule has 2 aromatic carbocycles. The molecule has 1 fully saturated rings. The molecular formula is C21H26. The first-order valence-electron chi connectivity index (χ1n) is 7.89. The van der Waals surface area contributed by atoms with Crippen LogP contribution in [0.4, 0.5) is 0 Å². The Morgan fingerprint density at radius 1 is 0.524 bits per heavy atom. The van der Waals surface area contributed by atoms with Crippen LogP contribution in [0.2, 0.25) is 0 Å².